The zero-order valence-electron chi connectivity index (χ0n) is 8.72. The lowest BCUT2D eigenvalue weighted by molar-refractivity contribution is 0.622. The zero-order chi connectivity index (χ0) is 11.8. The zero-order valence-corrected chi connectivity index (χ0v) is 9.54. The molecule has 17 heavy (non-hydrogen) atoms. The van der Waals surface area contributed by atoms with E-state index >= 15 is 0 Å². The highest BCUT2D eigenvalue weighted by Crippen LogP contribution is 2.30. The third-order valence-corrected chi connectivity index (χ3v) is 3.40. The number of anilines is 1. The number of rotatable bonds is 1. The van der Waals surface area contributed by atoms with Gasteiger partial charge in [0.2, 0.25) is 0 Å². The Morgan fingerprint density at radius 2 is 2.06 bits per heavy atom. The molecule has 5 heteroatoms. The lowest BCUT2D eigenvalue weighted by Crippen LogP contribution is -1.83. The van der Waals surface area contributed by atoms with E-state index < -0.39 is 0 Å². The molecule has 84 valence electrons. The van der Waals surface area contributed by atoms with Gasteiger partial charge in [0, 0.05) is 5.69 Å². The van der Waals surface area contributed by atoms with Gasteiger partial charge in [-0.15, -0.1) is 11.3 Å². The fraction of sp³-hybridized carbons (Fsp3) is 0. The molecule has 0 aliphatic heterocycles. The van der Waals surface area contributed by atoms with Crippen molar-refractivity contribution in [1.82, 2.24) is 9.97 Å². The third kappa shape index (κ3) is 1.85. The predicted octanol–water partition coefficient (Wildman–Crippen LogP) is 3.08. The number of hydrogen-bond donors (Lipinski definition) is 1. The molecule has 3 rings (SSSR count). The summed E-state index contributed by atoms with van der Waals surface area (Å²) in [6.45, 7) is 0. The minimum absolute atomic E-state index is 0.348. The highest BCUT2D eigenvalue weighted by atomic mass is 32.1. The summed E-state index contributed by atoms with van der Waals surface area (Å²) in [4.78, 5) is 8.44. The number of hydrogen-bond acceptors (Lipinski definition) is 4. The molecule has 0 saturated heterocycles. The number of nitrogens with zero attached hydrogens (tertiary/aromatic N) is 2. The summed E-state index contributed by atoms with van der Waals surface area (Å²) in [5, 5.41) is 0.769. The number of aromatic nitrogens is 2. The summed E-state index contributed by atoms with van der Waals surface area (Å²) >= 11 is 1.49. The van der Waals surface area contributed by atoms with Crippen LogP contribution >= 0.6 is 11.3 Å². The summed E-state index contributed by atoms with van der Waals surface area (Å²) in [5.41, 5.74) is 7.97. The Balaban J connectivity index is 2.14. The second-order valence-corrected chi connectivity index (χ2v) is 4.64. The van der Waals surface area contributed by atoms with Crippen LogP contribution in [0.3, 0.4) is 0 Å². The molecule has 1 aromatic carbocycles. The van der Waals surface area contributed by atoms with Crippen LogP contribution in [-0.2, 0) is 0 Å². The molecule has 0 radical (unpaired) electrons. The molecule has 0 saturated carbocycles. The fourth-order valence-electron chi connectivity index (χ4n) is 1.55. The van der Waals surface area contributed by atoms with Crippen molar-refractivity contribution in [3.8, 4) is 10.7 Å². The van der Waals surface area contributed by atoms with Crippen LogP contribution in [0.2, 0.25) is 0 Å². The second-order valence-electron chi connectivity index (χ2n) is 3.61. The first kappa shape index (κ1) is 10.2. The van der Waals surface area contributed by atoms with Gasteiger partial charge in [-0.2, -0.15) is 0 Å². The van der Waals surface area contributed by atoms with Gasteiger partial charge in [-0.25, -0.2) is 9.37 Å². The number of fused-ring (bicyclic) bond motifs is 1. The molecular formula is C12H8FN3S. The Morgan fingerprint density at radius 3 is 2.82 bits per heavy atom. The molecule has 0 spiro atoms. The number of thiazole rings is 1. The van der Waals surface area contributed by atoms with Crippen molar-refractivity contribution in [3.05, 3.63) is 42.3 Å². The lowest BCUT2D eigenvalue weighted by atomic mass is 10.3. The minimum atomic E-state index is -0.348. The van der Waals surface area contributed by atoms with Gasteiger partial charge in [-0.1, -0.05) is 0 Å². The summed E-state index contributed by atoms with van der Waals surface area (Å²) in [6, 6.07) is 8.55. The average molecular weight is 245 g/mol. The van der Waals surface area contributed by atoms with Gasteiger partial charge in [0.15, 0.2) is 0 Å². The van der Waals surface area contributed by atoms with Crippen molar-refractivity contribution in [2.24, 2.45) is 0 Å². The summed E-state index contributed by atoms with van der Waals surface area (Å²) in [6.07, 6.45) is 1.19. The molecule has 3 aromatic rings. The summed E-state index contributed by atoms with van der Waals surface area (Å²) in [5.74, 6) is -0.348. The van der Waals surface area contributed by atoms with Gasteiger partial charge in [-0.05, 0) is 30.3 Å². The molecule has 0 fully saturated rings. The van der Waals surface area contributed by atoms with Crippen molar-refractivity contribution in [3.63, 3.8) is 0 Å². The highest BCUT2D eigenvalue weighted by molar-refractivity contribution is 7.21. The molecule has 0 aliphatic rings. The van der Waals surface area contributed by atoms with Gasteiger partial charge >= 0.3 is 0 Å². The van der Waals surface area contributed by atoms with Crippen LogP contribution in [0.1, 0.15) is 0 Å². The Bertz CT molecular complexity index is 676. The quantitative estimate of drug-likeness (QED) is 0.670. The van der Waals surface area contributed by atoms with Gasteiger partial charge in [0.1, 0.15) is 10.8 Å². The number of nitrogens with two attached hydrogens (primary N) is 1. The first-order valence-corrected chi connectivity index (χ1v) is 5.82. The van der Waals surface area contributed by atoms with Crippen molar-refractivity contribution in [2.75, 3.05) is 5.73 Å². The van der Waals surface area contributed by atoms with Gasteiger partial charge < -0.3 is 5.73 Å². The van der Waals surface area contributed by atoms with Gasteiger partial charge in [-0.3, -0.25) is 4.98 Å². The smallest absolute Gasteiger partial charge is 0.143 e. The van der Waals surface area contributed by atoms with Crippen molar-refractivity contribution >= 4 is 27.2 Å². The van der Waals surface area contributed by atoms with E-state index in [2.05, 4.69) is 9.97 Å². The molecule has 0 amide bonds. The van der Waals surface area contributed by atoms with Crippen LogP contribution in [0.15, 0.2) is 36.5 Å². The van der Waals surface area contributed by atoms with Gasteiger partial charge in [0.05, 0.1) is 22.1 Å². The van der Waals surface area contributed by atoms with Crippen LogP contribution in [-0.4, -0.2) is 9.97 Å². The Labute approximate surface area is 101 Å². The standard InChI is InChI=1S/C12H8FN3S/c13-7-1-3-10(15-6-7)12-16-9-4-2-8(14)5-11(9)17-12/h1-6H,14H2. The lowest BCUT2D eigenvalue weighted by Gasteiger charge is -1.93. The number of pyridine rings is 1. The van der Waals surface area contributed by atoms with E-state index in [1.807, 2.05) is 18.2 Å². The molecule has 0 bridgehead atoms. The number of benzene rings is 1. The van der Waals surface area contributed by atoms with Crippen LogP contribution in [0.5, 0.6) is 0 Å². The van der Waals surface area contributed by atoms with Crippen molar-refractivity contribution in [1.29, 1.82) is 0 Å². The molecule has 2 N–H and O–H groups in total. The predicted molar refractivity (Wildman–Crippen MR) is 67.2 cm³/mol. The van der Waals surface area contributed by atoms with Crippen molar-refractivity contribution < 1.29 is 4.39 Å². The average Bonchev–Trinajstić information content (AvgIpc) is 2.72. The van der Waals surface area contributed by atoms with Crippen LogP contribution < -0.4 is 5.73 Å². The number of halogens is 1. The Hall–Kier alpha value is -2.01. The van der Waals surface area contributed by atoms with E-state index in [0.29, 0.717) is 11.4 Å². The molecular weight excluding hydrogens is 237 g/mol. The Morgan fingerprint density at radius 1 is 1.18 bits per heavy atom. The van der Waals surface area contributed by atoms with E-state index in [1.54, 1.807) is 6.07 Å². The monoisotopic (exact) mass is 245 g/mol. The Kier molecular flexibility index (Phi) is 2.26. The second kappa shape index (κ2) is 3.78. The van der Waals surface area contributed by atoms with E-state index in [1.165, 1.54) is 23.6 Å². The molecule has 3 nitrogen and oxygen atoms in total. The van der Waals surface area contributed by atoms with E-state index in [-0.39, 0.29) is 5.82 Å². The normalized spacial score (nSPS) is 10.9. The molecule has 0 atom stereocenters. The largest absolute Gasteiger partial charge is 0.399 e. The fourth-order valence-corrected chi connectivity index (χ4v) is 2.54. The van der Waals surface area contributed by atoms with Gasteiger partial charge in [0.25, 0.3) is 0 Å². The molecule has 0 aliphatic carbocycles. The van der Waals surface area contributed by atoms with Crippen molar-refractivity contribution in [2.45, 2.75) is 0 Å². The molecule has 0 unspecified atom stereocenters. The summed E-state index contributed by atoms with van der Waals surface area (Å²) in [7, 11) is 0. The topological polar surface area (TPSA) is 51.8 Å². The van der Waals surface area contributed by atoms with Crippen LogP contribution in [0.25, 0.3) is 20.9 Å². The number of nitrogen functional groups attached to an aromatic ring is 1. The van der Waals surface area contributed by atoms with E-state index in [0.717, 1.165) is 15.2 Å². The third-order valence-electron chi connectivity index (χ3n) is 2.36. The minimum Gasteiger partial charge on any atom is -0.399 e. The highest BCUT2D eigenvalue weighted by Gasteiger charge is 2.07. The SMILES string of the molecule is Nc1ccc2nc(-c3ccc(F)cn3)sc2c1. The maximum Gasteiger partial charge on any atom is 0.143 e. The maximum absolute atomic E-state index is 12.8. The summed E-state index contributed by atoms with van der Waals surface area (Å²) < 4.78 is 13.8. The van der Waals surface area contributed by atoms with Crippen LogP contribution in [0, 0.1) is 5.82 Å². The van der Waals surface area contributed by atoms with E-state index in [4.69, 9.17) is 5.73 Å². The first-order valence-electron chi connectivity index (χ1n) is 5.00. The van der Waals surface area contributed by atoms with E-state index in [9.17, 15) is 4.39 Å². The van der Waals surface area contributed by atoms with Crippen LogP contribution in [0.4, 0.5) is 10.1 Å². The molecule has 2 heterocycles. The first-order chi connectivity index (χ1) is 8.22. The maximum atomic E-state index is 12.8. The molecule has 2 aromatic heterocycles.